The lowest BCUT2D eigenvalue weighted by atomic mass is 9.75. The quantitative estimate of drug-likeness (QED) is 0.858. The van der Waals surface area contributed by atoms with Crippen LogP contribution in [0.2, 0.25) is 0 Å². The number of amidine groups is 1. The average molecular weight is 284 g/mol. The predicted molar refractivity (Wildman–Crippen MR) is 83.8 cm³/mol. The van der Waals surface area contributed by atoms with Crippen molar-refractivity contribution in [2.45, 2.75) is 49.7 Å². The standard InChI is InChI=1S/C14H24N2S2/c1-17-14(7-8-14)10-16-12-15-9-13(11-18-12)5-3-2-4-6-13/h2-11H2,1H3,(H,15,16). The molecule has 0 saturated heterocycles. The Hall–Kier alpha value is 0.170. The zero-order valence-corrected chi connectivity index (χ0v) is 13.0. The summed E-state index contributed by atoms with van der Waals surface area (Å²) in [5.74, 6) is 1.30. The molecular formula is C14H24N2S2. The average Bonchev–Trinajstić information content (AvgIpc) is 3.20. The number of rotatable bonds is 3. The molecule has 2 saturated carbocycles. The van der Waals surface area contributed by atoms with E-state index in [1.165, 1.54) is 55.9 Å². The Kier molecular flexibility index (Phi) is 3.86. The number of aliphatic imine (C=N–C) groups is 1. The summed E-state index contributed by atoms with van der Waals surface area (Å²) in [6.45, 7) is 2.20. The molecule has 102 valence electrons. The van der Waals surface area contributed by atoms with Gasteiger partial charge in [0.15, 0.2) is 5.17 Å². The number of nitrogens with zero attached hydrogens (tertiary/aromatic N) is 1. The first-order valence-electron chi connectivity index (χ1n) is 7.22. The van der Waals surface area contributed by atoms with Gasteiger partial charge >= 0.3 is 0 Å². The molecule has 0 atom stereocenters. The van der Waals surface area contributed by atoms with E-state index >= 15 is 0 Å². The minimum absolute atomic E-state index is 0.545. The van der Waals surface area contributed by atoms with Crippen molar-refractivity contribution in [3.63, 3.8) is 0 Å². The molecule has 3 rings (SSSR count). The van der Waals surface area contributed by atoms with Crippen molar-refractivity contribution in [2.75, 3.05) is 25.1 Å². The summed E-state index contributed by atoms with van der Waals surface area (Å²) in [7, 11) is 0. The van der Waals surface area contributed by atoms with E-state index in [-0.39, 0.29) is 0 Å². The summed E-state index contributed by atoms with van der Waals surface area (Å²) in [6.07, 6.45) is 12.1. The molecule has 2 aliphatic carbocycles. The molecule has 0 unspecified atom stereocenters. The van der Waals surface area contributed by atoms with Crippen molar-refractivity contribution in [1.82, 2.24) is 5.32 Å². The van der Waals surface area contributed by atoms with Crippen molar-refractivity contribution >= 4 is 28.7 Å². The molecule has 0 amide bonds. The van der Waals surface area contributed by atoms with Crippen LogP contribution >= 0.6 is 23.5 Å². The van der Waals surface area contributed by atoms with E-state index in [2.05, 4.69) is 11.6 Å². The lowest BCUT2D eigenvalue weighted by molar-refractivity contribution is 0.232. The van der Waals surface area contributed by atoms with Gasteiger partial charge in [-0.3, -0.25) is 4.99 Å². The summed E-state index contributed by atoms with van der Waals surface area (Å²) < 4.78 is 0.545. The summed E-state index contributed by atoms with van der Waals surface area (Å²) in [4.78, 5) is 4.83. The van der Waals surface area contributed by atoms with Crippen LogP contribution in [0.5, 0.6) is 0 Å². The minimum atomic E-state index is 0.545. The smallest absolute Gasteiger partial charge is 0.156 e. The van der Waals surface area contributed by atoms with Gasteiger partial charge in [-0.05, 0) is 37.4 Å². The summed E-state index contributed by atoms with van der Waals surface area (Å²) in [6, 6.07) is 0. The Labute approximate surface area is 119 Å². The van der Waals surface area contributed by atoms with Gasteiger partial charge in [-0.15, -0.1) is 0 Å². The molecule has 0 bridgehead atoms. The predicted octanol–water partition coefficient (Wildman–Crippen LogP) is 3.52. The zero-order chi connectivity index (χ0) is 12.5. The summed E-state index contributed by atoms with van der Waals surface area (Å²) in [5, 5.41) is 4.80. The normalized spacial score (nSPS) is 28.8. The first kappa shape index (κ1) is 13.2. The first-order chi connectivity index (χ1) is 8.76. The van der Waals surface area contributed by atoms with Crippen molar-refractivity contribution in [2.24, 2.45) is 10.4 Å². The van der Waals surface area contributed by atoms with Crippen molar-refractivity contribution in [3.05, 3.63) is 0 Å². The van der Waals surface area contributed by atoms with E-state index in [1.54, 1.807) is 0 Å². The monoisotopic (exact) mass is 284 g/mol. The van der Waals surface area contributed by atoms with E-state index < -0.39 is 0 Å². The van der Waals surface area contributed by atoms with Gasteiger partial charge in [0.25, 0.3) is 0 Å². The maximum atomic E-state index is 4.83. The van der Waals surface area contributed by atoms with Crippen LogP contribution in [0.3, 0.4) is 0 Å². The molecule has 3 aliphatic rings. The van der Waals surface area contributed by atoms with Crippen molar-refractivity contribution < 1.29 is 0 Å². The molecule has 1 N–H and O–H groups in total. The molecular weight excluding hydrogens is 260 g/mol. The highest BCUT2D eigenvalue weighted by Crippen LogP contribution is 2.47. The van der Waals surface area contributed by atoms with Crippen molar-refractivity contribution in [3.8, 4) is 0 Å². The molecule has 4 heteroatoms. The molecule has 1 aliphatic heterocycles. The van der Waals surface area contributed by atoms with E-state index in [0.29, 0.717) is 10.2 Å². The van der Waals surface area contributed by atoms with Gasteiger partial charge in [0.1, 0.15) is 0 Å². The second-order valence-electron chi connectivity index (χ2n) is 6.21. The van der Waals surface area contributed by atoms with E-state index in [4.69, 9.17) is 4.99 Å². The SMILES string of the molecule is CSC1(CNC2=NCC3(CCCCC3)CS2)CC1. The highest BCUT2D eigenvalue weighted by Gasteiger charge is 2.42. The Bertz CT molecular complexity index is 331. The maximum absolute atomic E-state index is 4.83. The van der Waals surface area contributed by atoms with Gasteiger partial charge in [-0.1, -0.05) is 31.0 Å². The minimum Gasteiger partial charge on any atom is -0.364 e. The Morgan fingerprint density at radius 3 is 2.56 bits per heavy atom. The van der Waals surface area contributed by atoms with Crippen LogP contribution in [-0.4, -0.2) is 35.0 Å². The molecule has 2 nitrogen and oxygen atoms in total. The molecule has 1 heterocycles. The van der Waals surface area contributed by atoms with Gasteiger partial charge in [0, 0.05) is 23.6 Å². The lowest BCUT2D eigenvalue weighted by Gasteiger charge is -2.38. The lowest BCUT2D eigenvalue weighted by Crippen LogP contribution is -2.38. The third kappa shape index (κ3) is 2.84. The first-order valence-corrected chi connectivity index (χ1v) is 9.43. The maximum Gasteiger partial charge on any atom is 0.156 e. The molecule has 0 aromatic rings. The third-order valence-electron chi connectivity index (χ3n) is 4.79. The Morgan fingerprint density at radius 1 is 1.22 bits per heavy atom. The molecule has 2 fully saturated rings. The van der Waals surface area contributed by atoms with Crippen LogP contribution in [0.15, 0.2) is 4.99 Å². The van der Waals surface area contributed by atoms with Gasteiger partial charge in [0.05, 0.1) is 0 Å². The Balaban J connectivity index is 1.50. The fraction of sp³-hybridized carbons (Fsp3) is 0.929. The largest absolute Gasteiger partial charge is 0.364 e. The number of hydrogen-bond acceptors (Lipinski definition) is 4. The van der Waals surface area contributed by atoms with Gasteiger partial charge < -0.3 is 5.32 Å². The molecule has 0 aromatic heterocycles. The molecule has 0 aromatic carbocycles. The van der Waals surface area contributed by atoms with Crippen molar-refractivity contribution in [1.29, 1.82) is 0 Å². The second-order valence-corrected chi connectivity index (χ2v) is 8.45. The molecule has 18 heavy (non-hydrogen) atoms. The van der Waals surface area contributed by atoms with Crippen LogP contribution in [-0.2, 0) is 0 Å². The fourth-order valence-corrected chi connectivity index (χ4v) is 4.97. The van der Waals surface area contributed by atoms with Crippen LogP contribution in [0.25, 0.3) is 0 Å². The number of thioether (sulfide) groups is 2. The van der Waals surface area contributed by atoms with E-state index in [1.807, 2.05) is 23.5 Å². The van der Waals surface area contributed by atoms with Crippen LogP contribution in [0, 0.1) is 5.41 Å². The summed E-state index contributed by atoms with van der Waals surface area (Å²) >= 11 is 4.00. The van der Waals surface area contributed by atoms with Gasteiger partial charge in [0.2, 0.25) is 0 Å². The topological polar surface area (TPSA) is 24.4 Å². The van der Waals surface area contributed by atoms with Gasteiger partial charge in [-0.25, -0.2) is 0 Å². The molecule has 1 spiro atoms. The van der Waals surface area contributed by atoms with Crippen LogP contribution in [0.4, 0.5) is 0 Å². The van der Waals surface area contributed by atoms with Crippen LogP contribution in [0.1, 0.15) is 44.9 Å². The Morgan fingerprint density at radius 2 is 2.00 bits per heavy atom. The number of hydrogen-bond donors (Lipinski definition) is 1. The molecule has 0 radical (unpaired) electrons. The third-order valence-corrected chi connectivity index (χ3v) is 7.51. The second kappa shape index (κ2) is 5.28. The van der Waals surface area contributed by atoms with Crippen LogP contribution < -0.4 is 5.32 Å². The number of nitrogens with one attached hydrogen (secondary N) is 1. The summed E-state index contributed by atoms with van der Waals surface area (Å²) in [5.41, 5.74) is 0.560. The highest BCUT2D eigenvalue weighted by atomic mass is 32.2. The van der Waals surface area contributed by atoms with E-state index in [9.17, 15) is 0 Å². The fourth-order valence-electron chi connectivity index (χ4n) is 3.09. The zero-order valence-electron chi connectivity index (χ0n) is 11.3. The van der Waals surface area contributed by atoms with E-state index in [0.717, 1.165) is 13.1 Å². The highest BCUT2D eigenvalue weighted by molar-refractivity contribution is 8.13. The van der Waals surface area contributed by atoms with Gasteiger partial charge in [-0.2, -0.15) is 11.8 Å².